The van der Waals surface area contributed by atoms with E-state index in [2.05, 4.69) is 10.6 Å². The van der Waals surface area contributed by atoms with E-state index < -0.39 is 40.7 Å². The van der Waals surface area contributed by atoms with Crippen LogP contribution in [-0.4, -0.2) is 29.6 Å². The molecule has 2 aromatic heterocycles. The Morgan fingerprint density at radius 2 is 1.74 bits per heavy atom. The molecule has 0 aliphatic carbocycles. The first-order valence-corrected chi connectivity index (χ1v) is 10.9. The summed E-state index contributed by atoms with van der Waals surface area (Å²) in [5.74, 6) is -0.634. The monoisotopic (exact) mass is 513 g/mol. The first-order chi connectivity index (χ1) is 16.1. The van der Waals surface area contributed by atoms with Crippen molar-refractivity contribution in [2.24, 2.45) is 0 Å². The van der Waals surface area contributed by atoms with Crippen molar-refractivity contribution < 1.29 is 32.2 Å². The number of nitrogens with zero attached hydrogens (tertiary/aromatic N) is 1. The van der Waals surface area contributed by atoms with Crippen molar-refractivity contribution in [2.75, 3.05) is 23.8 Å². The number of pyridine rings is 1. The van der Waals surface area contributed by atoms with Gasteiger partial charge in [-0.15, -0.1) is 11.3 Å². The van der Waals surface area contributed by atoms with E-state index in [-0.39, 0.29) is 24.6 Å². The molecule has 0 fully saturated rings. The maximum atomic E-state index is 13.1. The fraction of sp³-hybridized carbons (Fsp3) is 0.190. The molecule has 1 aliphatic heterocycles. The molecule has 34 heavy (non-hydrogen) atoms. The minimum Gasteiger partial charge on any atom is -0.486 e. The standard InChI is InChI=1S/C21H15ClF3N3O5S/c22-12-6-11(21(23,24)25)9-28(20(12)31)10-18(29)26-13-7-15-16(33-4-3-32-15)8-14(13)27-19(30)17-2-1-5-34-17/h1-2,5-9H,3-4,10H2,(H,26,29)(H,27,30). The van der Waals surface area contributed by atoms with Crippen LogP contribution in [0.25, 0.3) is 0 Å². The lowest BCUT2D eigenvalue weighted by molar-refractivity contribution is -0.138. The van der Waals surface area contributed by atoms with E-state index in [1.807, 2.05) is 0 Å². The number of thiophene rings is 1. The molecule has 1 aliphatic rings. The molecule has 0 bridgehead atoms. The Hall–Kier alpha value is -3.51. The van der Waals surface area contributed by atoms with Crippen LogP contribution in [0.15, 0.2) is 46.7 Å². The summed E-state index contributed by atoms with van der Waals surface area (Å²) in [6.45, 7) is -0.203. The van der Waals surface area contributed by atoms with Gasteiger partial charge in [-0.05, 0) is 17.5 Å². The third-order valence-electron chi connectivity index (χ3n) is 4.63. The number of carbonyl (C=O) groups is 2. The Morgan fingerprint density at radius 3 is 2.32 bits per heavy atom. The summed E-state index contributed by atoms with van der Waals surface area (Å²) < 4.78 is 50.8. The molecule has 0 atom stereocenters. The second kappa shape index (κ2) is 9.39. The second-order valence-electron chi connectivity index (χ2n) is 7.03. The van der Waals surface area contributed by atoms with E-state index in [4.69, 9.17) is 21.1 Å². The molecule has 0 unspecified atom stereocenters. The SMILES string of the molecule is O=C(Cn1cc(C(F)(F)F)cc(Cl)c1=O)Nc1cc2c(cc1NC(=O)c1cccs1)OCCO2. The summed E-state index contributed by atoms with van der Waals surface area (Å²) >= 11 is 6.85. The summed E-state index contributed by atoms with van der Waals surface area (Å²) in [4.78, 5) is 37.8. The van der Waals surface area contributed by atoms with Crippen molar-refractivity contribution in [2.45, 2.75) is 12.7 Å². The van der Waals surface area contributed by atoms with Crippen LogP contribution in [0.2, 0.25) is 5.02 Å². The predicted octanol–water partition coefficient (Wildman–Crippen LogP) is 4.24. The lowest BCUT2D eigenvalue weighted by atomic mass is 10.2. The van der Waals surface area contributed by atoms with Gasteiger partial charge in [-0.25, -0.2) is 0 Å². The van der Waals surface area contributed by atoms with E-state index in [1.165, 1.54) is 23.5 Å². The Labute approximate surface area is 198 Å². The topological polar surface area (TPSA) is 98.7 Å². The number of rotatable bonds is 5. The van der Waals surface area contributed by atoms with Gasteiger partial charge in [-0.3, -0.25) is 14.4 Å². The van der Waals surface area contributed by atoms with E-state index in [0.717, 1.165) is 0 Å². The number of amides is 2. The third kappa shape index (κ3) is 5.18. The minimum absolute atomic E-state index is 0.102. The molecule has 13 heteroatoms. The van der Waals surface area contributed by atoms with Crippen LogP contribution in [0, 0.1) is 0 Å². The van der Waals surface area contributed by atoms with Crippen LogP contribution in [0.5, 0.6) is 11.5 Å². The third-order valence-corrected chi connectivity index (χ3v) is 5.77. The van der Waals surface area contributed by atoms with E-state index in [0.29, 0.717) is 33.2 Å². The van der Waals surface area contributed by atoms with Gasteiger partial charge in [-0.1, -0.05) is 17.7 Å². The highest BCUT2D eigenvalue weighted by atomic mass is 35.5. The highest BCUT2D eigenvalue weighted by Gasteiger charge is 2.32. The van der Waals surface area contributed by atoms with Crippen molar-refractivity contribution in [3.05, 3.63) is 67.7 Å². The number of anilines is 2. The molecular weight excluding hydrogens is 499 g/mol. The highest BCUT2D eigenvalue weighted by Crippen LogP contribution is 2.39. The average molecular weight is 514 g/mol. The van der Waals surface area contributed by atoms with Crippen LogP contribution >= 0.6 is 22.9 Å². The number of halogens is 4. The molecule has 178 valence electrons. The average Bonchev–Trinajstić information content (AvgIpc) is 3.31. The Kier molecular flexibility index (Phi) is 6.53. The van der Waals surface area contributed by atoms with Gasteiger partial charge in [0.15, 0.2) is 11.5 Å². The van der Waals surface area contributed by atoms with Crippen LogP contribution in [0.1, 0.15) is 15.2 Å². The van der Waals surface area contributed by atoms with Gasteiger partial charge in [0.2, 0.25) is 5.91 Å². The predicted molar refractivity (Wildman–Crippen MR) is 119 cm³/mol. The zero-order valence-electron chi connectivity index (χ0n) is 17.1. The molecule has 0 saturated carbocycles. The molecular formula is C21H15ClF3N3O5S. The highest BCUT2D eigenvalue weighted by molar-refractivity contribution is 7.12. The van der Waals surface area contributed by atoms with Gasteiger partial charge in [0.05, 0.1) is 21.8 Å². The fourth-order valence-electron chi connectivity index (χ4n) is 3.10. The number of aromatic nitrogens is 1. The first kappa shape index (κ1) is 23.6. The van der Waals surface area contributed by atoms with Gasteiger partial charge in [0.25, 0.3) is 11.5 Å². The summed E-state index contributed by atoms with van der Waals surface area (Å²) in [6.07, 6.45) is -4.25. The van der Waals surface area contributed by atoms with Crippen molar-refractivity contribution in [3.63, 3.8) is 0 Å². The van der Waals surface area contributed by atoms with Crippen molar-refractivity contribution in [3.8, 4) is 11.5 Å². The second-order valence-corrected chi connectivity index (χ2v) is 8.38. The molecule has 0 spiro atoms. The van der Waals surface area contributed by atoms with Gasteiger partial charge < -0.3 is 24.7 Å². The summed E-state index contributed by atoms with van der Waals surface area (Å²) in [6, 6.07) is 6.68. The number of fused-ring (bicyclic) bond motifs is 1. The quantitative estimate of drug-likeness (QED) is 0.531. The Morgan fingerprint density at radius 1 is 1.09 bits per heavy atom. The van der Waals surface area contributed by atoms with Crippen LogP contribution in [-0.2, 0) is 17.5 Å². The smallest absolute Gasteiger partial charge is 0.417 e. The van der Waals surface area contributed by atoms with Gasteiger partial charge in [-0.2, -0.15) is 13.2 Å². The lowest BCUT2D eigenvalue weighted by Gasteiger charge is -2.21. The largest absolute Gasteiger partial charge is 0.486 e. The van der Waals surface area contributed by atoms with Crippen molar-refractivity contribution in [1.29, 1.82) is 0 Å². The number of carbonyl (C=O) groups excluding carboxylic acids is 2. The number of benzene rings is 1. The first-order valence-electron chi connectivity index (χ1n) is 9.67. The van der Waals surface area contributed by atoms with E-state index in [1.54, 1.807) is 17.5 Å². The zero-order valence-corrected chi connectivity index (χ0v) is 18.6. The van der Waals surface area contributed by atoms with E-state index in [9.17, 15) is 27.6 Å². The number of ether oxygens (including phenoxy) is 2. The maximum absolute atomic E-state index is 13.1. The summed E-state index contributed by atoms with van der Waals surface area (Å²) in [5, 5.41) is 6.21. The molecule has 0 saturated heterocycles. The maximum Gasteiger partial charge on any atom is 0.417 e. The van der Waals surface area contributed by atoms with Crippen molar-refractivity contribution in [1.82, 2.24) is 4.57 Å². The molecule has 1 aromatic carbocycles. The minimum atomic E-state index is -4.76. The molecule has 4 rings (SSSR count). The Bertz CT molecular complexity index is 1310. The molecule has 2 amide bonds. The van der Waals surface area contributed by atoms with E-state index >= 15 is 0 Å². The number of hydrogen-bond donors (Lipinski definition) is 2. The summed E-state index contributed by atoms with van der Waals surface area (Å²) in [5.41, 5.74) is -1.86. The fourth-order valence-corrected chi connectivity index (χ4v) is 3.95. The Balaban J connectivity index is 1.62. The zero-order chi connectivity index (χ0) is 24.5. The normalized spacial score (nSPS) is 12.8. The van der Waals surface area contributed by atoms with Crippen LogP contribution in [0.4, 0.5) is 24.5 Å². The van der Waals surface area contributed by atoms with Crippen molar-refractivity contribution >= 4 is 46.1 Å². The molecule has 2 N–H and O–H groups in total. The van der Waals surface area contributed by atoms with Gasteiger partial charge in [0.1, 0.15) is 24.8 Å². The summed E-state index contributed by atoms with van der Waals surface area (Å²) in [7, 11) is 0. The molecule has 0 radical (unpaired) electrons. The van der Waals surface area contributed by atoms with Gasteiger partial charge in [0, 0.05) is 18.3 Å². The molecule has 3 aromatic rings. The van der Waals surface area contributed by atoms with Crippen LogP contribution in [0.3, 0.4) is 0 Å². The number of hydrogen-bond acceptors (Lipinski definition) is 6. The number of nitrogens with one attached hydrogen (secondary N) is 2. The van der Waals surface area contributed by atoms with Crippen LogP contribution < -0.4 is 25.7 Å². The van der Waals surface area contributed by atoms with Gasteiger partial charge >= 0.3 is 6.18 Å². The molecule has 3 heterocycles. The lowest BCUT2D eigenvalue weighted by Crippen LogP contribution is -2.29. The molecule has 8 nitrogen and oxygen atoms in total. The number of alkyl halides is 3.